The SMILES string of the molecule is Cc1ccc(Br)c(C(NN)c2cccc(C3CCC3)c2)c1. The average molecular weight is 345 g/mol. The van der Waals surface area contributed by atoms with Crippen LogP contribution in [0.5, 0.6) is 0 Å². The number of aryl methyl sites for hydroxylation is 1. The van der Waals surface area contributed by atoms with Crippen molar-refractivity contribution in [1.82, 2.24) is 5.43 Å². The molecule has 0 aliphatic heterocycles. The highest BCUT2D eigenvalue weighted by Crippen LogP contribution is 2.38. The van der Waals surface area contributed by atoms with Crippen LogP contribution in [0.25, 0.3) is 0 Å². The summed E-state index contributed by atoms with van der Waals surface area (Å²) >= 11 is 3.65. The molecular weight excluding hydrogens is 324 g/mol. The van der Waals surface area contributed by atoms with Gasteiger partial charge in [-0.3, -0.25) is 5.84 Å². The highest BCUT2D eigenvalue weighted by Gasteiger charge is 2.21. The fourth-order valence-electron chi connectivity index (χ4n) is 2.98. The fourth-order valence-corrected chi connectivity index (χ4v) is 3.46. The van der Waals surface area contributed by atoms with Crippen LogP contribution >= 0.6 is 15.9 Å². The first kappa shape index (κ1) is 14.8. The molecule has 0 spiro atoms. The van der Waals surface area contributed by atoms with Gasteiger partial charge in [0.05, 0.1) is 6.04 Å². The summed E-state index contributed by atoms with van der Waals surface area (Å²) in [5, 5.41) is 0. The number of nitrogens with one attached hydrogen (secondary N) is 1. The van der Waals surface area contributed by atoms with E-state index in [2.05, 4.69) is 70.7 Å². The van der Waals surface area contributed by atoms with Gasteiger partial charge in [-0.25, -0.2) is 5.43 Å². The normalized spacial score (nSPS) is 16.5. The standard InChI is InChI=1S/C18H21BrN2/c1-12-8-9-17(19)16(10-12)18(21-20)15-7-3-6-14(11-15)13-4-2-5-13/h3,6-11,13,18,21H,2,4-5,20H2,1H3. The molecule has 3 heteroatoms. The molecule has 3 rings (SSSR count). The first-order chi connectivity index (χ1) is 10.2. The van der Waals surface area contributed by atoms with Crippen LogP contribution in [0.3, 0.4) is 0 Å². The van der Waals surface area contributed by atoms with Gasteiger partial charge in [-0.1, -0.05) is 64.3 Å². The molecule has 0 saturated heterocycles. The second-order valence-electron chi connectivity index (χ2n) is 5.92. The molecule has 0 aromatic heterocycles. The van der Waals surface area contributed by atoms with Crippen molar-refractivity contribution >= 4 is 15.9 Å². The van der Waals surface area contributed by atoms with Crippen LogP contribution in [-0.4, -0.2) is 0 Å². The smallest absolute Gasteiger partial charge is 0.0721 e. The van der Waals surface area contributed by atoms with Gasteiger partial charge in [0.1, 0.15) is 0 Å². The van der Waals surface area contributed by atoms with E-state index in [1.807, 2.05) is 0 Å². The molecule has 110 valence electrons. The number of hydrogen-bond donors (Lipinski definition) is 2. The molecule has 1 atom stereocenters. The van der Waals surface area contributed by atoms with E-state index in [9.17, 15) is 0 Å². The summed E-state index contributed by atoms with van der Waals surface area (Å²) in [6.07, 6.45) is 3.99. The topological polar surface area (TPSA) is 38.0 Å². The second-order valence-corrected chi connectivity index (χ2v) is 6.78. The average Bonchev–Trinajstić information content (AvgIpc) is 2.42. The Balaban J connectivity index is 1.97. The maximum absolute atomic E-state index is 5.86. The maximum Gasteiger partial charge on any atom is 0.0721 e. The van der Waals surface area contributed by atoms with Gasteiger partial charge >= 0.3 is 0 Å². The molecule has 3 N–H and O–H groups in total. The molecule has 0 bridgehead atoms. The first-order valence-corrected chi connectivity index (χ1v) is 8.30. The number of hydrogen-bond acceptors (Lipinski definition) is 2. The molecule has 0 radical (unpaired) electrons. The van der Waals surface area contributed by atoms with Gasteiger partial charge in [-0.2, -0.15) is 0 Å². The van der Waals surface area contributed by atoms with Crippen molar-refractivity contribution in [3.63, 3.8) is 0 Å². The Kier molecular flexibility index (Phi) is 4.43. The highest BCUT2D eigenvalue weighted by atomic mass is 79.9. The largest absolute Gasteiger partial charge is 0.271 e. The van der Waals surface area contributed by atoms with Crippen LogP contribution in [0, 0.1) is 6.92 Å². The summed E-state index contributed by atoms with van der Waals surface area (Å²) in [5.74, 6) is 6.60. The van der Waals surface area contributed by atoms with Gasteiger partial charge in [0.25, 0.3) is 0 Å². The van der Waals surface area contributed by atoms with E-state index in [4.69, 9.17) is 5.84 Å². The lowest BCUT2D eigenvalue weighted by Crippen LogP contribution is -2.29. The molecular formula is C18H21BrN2. The molecule has 2 aromatic rings. The van der Waals surface area contributed by atoms with Crippen LogP contribution in [0.4, 0.5) is 0 Å². The lowest BCUT2D eigenvalue weighted by atomic mass is 9.79. The van der Waals surface area contributed by atoms with E-state index in [-0.39, 0.29) is 6.04 Å². The van der Waals surface area contributed by atoms with Crippen molar-refractivity contribution in [3.05, 3.63) is 69.2 Å². The molecule has 1 unspecified atom stereocenters. The van der Waals surface area contributed by atoms with Gasteiger partial charge in [0, 0.05) is 4.47 Å². The molecule has 1 aliphatic rings. The third-order valence-electron chi connectivity index (χ3n) is 4.45. The minimum atomic E-state index is 0.0132. The number of halogens is 1. The predicted molar refractivity (Wildman–Crippen MR) is 91.1 cm³/mol. The predicted octanol–water partition coefficient (Wildman–Crippen LogP) is 4.58. The number of nitrogens with two attached hydrogens (primary N) is 1. The lowest BCUT2D eigenvalue weighted by Gasteiger charge is -2.27. The summed E-state index contributed by atoms with van der Waals surface area (Å²) in [4.78, 5) is 0. The zero-order valence-electron chi connectivity index (χ0n) is 12.3. The number of benzene rings is 2. The van der Waals surface area contributed by atoms with E-state index >= 15 is 0 Å². The Morgan fingerprint density at radius 1 is 1.19 bits per heavy atom. The van der Waals surface area contributed by atoms with Crippen molar-refractivity contribution in [3.8, 4) is 0 Å². The first-order valence-electron chi connectivity index (χ1n) is 7.51. The molecule has 1 aliphatic carbocycles. The van der Waals surface area contributed by atoms with E-state index in [0.717, 1.165) is 10.4 Å². The molecule has 2 nitrogen and oxygen atoms in total. The molecule has 1 saturated carbocycles. The zero-order chi connectivity index (χ0) is 14.8. The third kappa shape index (κ3) is 3.05. The van der Waals surface area contributed by atoms with E-state index in [1.54, 1.807) is 0 Å². The molecule has 0 heterocycles. The lowest BCUT2D eigenvalue weighted by molar-refractivity contribution is 0.419. The highest BCUT2D eigenvalue weighted by molar-refractivity contribution is 9.10. The van der Waals surface area contributed by atoms with E-state index in [0.29, 0.717) is 0 Å². The summed E-state index contributed by atoms with van der Waals surface area (Å²) in [7, 11) is 0. The van der Waals surface area contributed by atoms with E-state index < -0.39 is 0 Å². The summed E-state index contributed by atoms with van der Waals surface area (Å²) < 4.78 is 1.09. The zero-order valence-corrected chi connectivity index (χ0v) is 13.9. The van der Waals surface area contributed by atoms with Crippen molar-refractivity contribution in [1.29, 1.82) is 0 Å². The maximum atomic E-state index is 5.86. The quantitative estimate of drug-likeness (QED) is 0.629. The number of hydrazine groups is 1. The minimum absolute atomic E-state index is 0.0132. The van der Waals surface area contributed by atoms with Crippen LogP contribution in [0.1, 0.15) is 53.5 Å². The van der Waals surface area contributed by atoms with Gasteiger partial charge < -0.3 is 0 Å². The van der Waals surface area contributed by atoms with Gasteiger partial charge in [-0.15, -0.1) is 0 Å². The Labute approximate surface area is 134 Å². The Morgan fingerprint density at radius 2 is 2.00 bits per heavy atom. The Hall–Kier alpha value is -1.16. The van der Waals surface area contributed by atoms with Gasteiger partial charge in [0.15, 0.2) is 0 Å². The molecule has 0 amide bonds. The van der Waals surface area contributed by atoms with Crippen molar-refractivity contribution in [2.75, 3.05) is 0 Å². The summed E-state index contributed by atoms with van der Waals surface area (Å²) in [6, 6.07) is 15.2. The monoisotopic (exact) mass is 344 g/mol. The van der Waals surface area contributed by atoms with Crippen LogP contribution in [0.2, 0.25) is 0 Å². The van der Waals surface area contributed by atoms with Crippen molar-refractivity contribution in [2.45, 2.75) is 38.1 Å². The molecule has 21 heavy (non-hydrogen) atoms. The summed E-state index contributed by atoms with van der Waals surface area (Å²) in [5.41, 5.74) is 8.07. The molecule has 1 fully saturated rings. The second kappa shape index (κ2) is 6.30. The fraction of sp³-hybridized carbons (Fsp3) is 0.333. The van der Waals surface area contributed by atoms with Crippen LogP contribution in [0.15, 0.2) is 46.9 Å². The van der Waals surface area contributed by atoms with Gasteiger partial charge in [0.2, 0.25) is 0 Å². The summed E-state index contributed by atoms with van der Waals surface area (Å²) in [6.45, 7) is 2.11. The van der Waals surface area contributed by atoms with Gasteiger partial charge in [-0.05, 0) is 48.4 Å². The van der Waals surface area contributed by atoms with Crippen LogP contribution in [-0.2, 0) is 0 Å². The number of rotatable bonds is 4. The molecule has 2 aromatic carbocycles. The minimum Gasteiger partial charge on any atom is -0.271 e. The Morgan fingerprint density at radius 3 is 2.67 bits per heavy atom. The van der Waals surface area contributed by atoms with Crippen molar-refractivity contribution in [2.24, 2.45) is 5.84 Å². The van der Waals surface area contributed by atoms with E-state index in [1.165, 1.54) is 41.5 Å². The van der Waals surface area contributed by atoms with Crippen LogP contribution < -0.4 is 11.3 Å². The van der Waals surface area contributed by atoms with Crippen molar-refractivity contribution < 1.29 is 0 Å². The Bertz CT molecular complexity index is 635. The third-order valence-corrected chi connectivity index (χ3v) is 5.17.